The third kappa shape index (κ3) is 20.6. The van der Waals surface area contributed by atoms with Crippen LogP contribution in [0.25, 0.3) is 0 Å². The minimum Gasteiger partial charge on any atom is -0.463 e. The smallest absolute Gasteiger partial charge is 0.331 e. The molecule has 0 saturated heterocycles. The molecule has 0 aliphatic carbocycles. The van der Waals surface area contributed by atoms with Gasteiger partial charge in [-0.1, -0.05) is 52.4 Å². The van der Waals surface area contributed by atoms with E-state index in [1.165, 1.54) is 0 Å². The number of hydrogen-bond acceptors (Lipinski definition) is 8. The number of carbonyl (C=O) groups excluding carboxylic acids is 4. The zero-order valence-electron chi connectivity index (χ0n) is 19.5. The maximum atomic E-state index is 11.5. The van der Waals surface area contributed by atoms with E-state index in [9.17, 15) is 19.2 Å². The lowest BCUT2D eigenvalue weighted by atomic mass is 10.2. The van der Waals surface area contributed by atoms with Gasteiger partial charge in [0.2, 0.25) is 0 Å². The van der Waals surface area contributed by atoms with Gasteiger partial charge in [0.05, 0.1) is 26.4 Å². The van der Waals surface area contributed by atoms with E-state index < -0.39 is 23.9 Å². The van der Waals surface area contributed by atoms with Gasteiger partial charge in [0.15, 0.2) is 0 Å². The molecule has 0 rings (SSSR count). The van der Waals surface area contributed by atoms with Gasteiger partial charge in [0.25, 0.3) is 0 Å². The highest BCUT2D eigenvalue weighted by Crippen LogP contribution is 2.00. The van der Waals surface area contributed by atoms with Crippen LogP contribution in [-0.4, -0.2) is 50.3 Å². The second kappa shape index (κ2) is 21.6. The largest absolute Gasteiger partial charge is 0.463 e. The van der Waals surface area contributed by atoms with Gasteiger partial charge in [0, 0.05) is 24.3 Å². The van der Waals surface area contributed by atoms with E-state index in [1.54, 1.807) is 0 Å². The maximum Gasteiger partial charge on any atom is 0.331 e. The predicted molar refractivity (Wildman–Crippen MR) is 120 cm³/mol. The summed E-state index contributed by atoms with van der Waals surface area (Å²) >= 11 is 0. The molecular weight excluding hydrogens is 416 g/mol. The molecular formula is C24H38O8. The molecule has 0 atom stereocenters. The van der Waals surface area contributed by atoms with Crippen molar-refractivity contribution < 1.29 is 38.1 Å². The molecule has 8 nitrogen and oxygen atoms in total. The fourth-order valence-corrected chi connectivity index (χ4v) is 2.42. The first-order valence-electron chi connectivity index (χ1n) is 11.5. The highest BCUT2D eigenvalue weighted by molar-refractivity contribution is 5.92. The zero-order valence-corrected chi connectivity index (χ0v) is 19.5. The van der Waals surface area contributed by atoms with Crippen molar-refractivity contribution in [3.8, 4) is 0 Å². The van der Waals surface area contributed by atoms with Crippen molar-refractivity contribution in [2.24, 2.45) is 0 Å². The molecule has 0 radical (unpaired) electrons. The monoisotopic (exact) mass is 454 g/mol. The van der Waals surface area contributed by atoms with E-state index in [4.69, 9.17) is 18.9 Å². The van der Waals surface area contributed by atoms with Gasteiger partial charge in [0.1, 0.15) is 0 Å². The Hall–Kier alpha value is -2.64. The Bertz CT molecular complexity index is 543. The summed E-state index contributed by atoms with van der Waals surface area (Å²) in [7, 11) is 0. The first-order valence-corrected chi connectivity index (χ1v) is 11.5. The van der Waals surface area contributed by atoms with Crippen LogP contribution in [0.5, 0.6) is 0 Å². The molecule has 0 unspecified atom stereocenters. The van der Waals surface area contributed by atoms with Gasteiger partial charge in [-0.05, 0) is 25.7 Å². The van der Waals surface area contributed by atoms with Crippen LogP contribution in [0.3, 0.4) is 0 Å². The minimum absolute atomic E-state index is 0.132. The van der Waals surface area contributed by atoms with Gasteiger partial charge in [-0.25, -0.2) is 19.2 Å². The lowest BCUT2D eigenvalue weighted by molar-refractivity contribution is -0.141. The van der Waals surface area contributed by atoms with E-state index in [0.717, 1.165) is 75.7 Å². The molecule has 32 heavy (non-hydrogen) atoms. The van der Waals surface area contributed by atoms with Crippen LogP contribution in [0.1, 0.15) is 78.1 Å². The van der Waals surface area contributed by atoms with Crippen LogP contribution in [0, 0.1) is 0 Å². The van der Waals surface area contributed by atoms with Crippen molar-refractivity contribution in [2.45, 2.75) is 78.1 Å². The number of rotatable bonds is 19. The van der Waals surface area contributed by atoms with Crippen molar-refractivity contribution in [3.63, 3.8) is 0 Å². The normalized spacial score (nSPS) is 10.9. The van der Waals surface area contributed by atoms with Crippen LogP contribution < -0.4 is 0 Å². The molecule has 0 amide bonds. The van der Waals surface area contributed by atoms with Gasteiger partial charge in [-0.15, -0.1) is 0 Å². The molecule has 0 N–H and O–H groups in total. The predicted octanol–water partition coefficient (Wildman–Crippen LogP) is 4.21. The number of hydrogen-bond donors (Lipinski definition) is 0. The molecule has 8 heteroatoms. The summed E-state index contributed by atoms with van der Waals surface area (Å²) in [4.78, 5) is 45.9. The summed E-state index contributed by atoms with van der Waals surface area (Å²) in [6.07, 6.45) is 13.2. The highest BCUT2D eigenvalue weighted by atomic mass is 16.5. The Morgan fingerprint density at radius 2 is 0.688 bits per heavy atom. The van der Waals surface area contributed by atoms with E-state index in [0.29, 0.717) is 26.1 Å². The van der Waals surface area contributed by atoms with Gasteiger partial charge in [-0.3, -0.25) is 0 Å². The van der Waals surface area contributed by atoms with Gasteiger partial charge < -0.3 is 18.9 Å². The zero-order chi connectivity index (χ0) is 23.9. The summed E-state index contributed by atoms with van der Waals surface area (Å²) in [5.41, 5.74) is 0. The quantitative estimate of drug-likeness (QED) is 0.124. The fourth-order valence-electron chi connectivity index (χ4n) is 2.42. The third-order valence-electron chi connectivity index (χ3n) is 4.22. The topological polar surface area (TPSA) is 105 Å². The fraction of sp³-hybridized carbons (Fsp3) is 0.667. The summed E-state index contributed by atoms with van der Waals surface area (Å²) < 4.78 is 19.8. The maximum absolute atomic E-state index is 11.5. The highest BCUT2D eigenvalue weighted by Gasteiger charge is 2.03. The summed E-state index contributed by atoms with van der Waals surface area (Å²) in [5.74, 6) is -2.42. The first-order chi connectivity index (χ1) is 15.5. The Kier molecular flexibility index (Phi) is 19.8. The van der Waals surface area contributed by atoms with Crippen molar-refractivity contribution in [1.82, 2.24) is 0 Å². The third-order valence-corrected chi connectivity index (χ3v) is 4.22. The summed E-state index contributed by atoms with van der Waals surface area (Å²) in [6, 6.07) is 0. The molecule has 0 bridgehead atoms. The number of unbranched alkanes of at least 4 members (excludes halogenated alkanes) is 7. The van der Waals surface area contributed by atoms with E-state index in [-0.39, 0.29) is 13.2 Å². The van der Waals surface area contributed by atoms with E-state index in [1.807, 2.05) is 0 Å². The minimum atomic E-state index is -0.638. The van der Waals surface area contributed by atoms with Crippen molar-refractivity contribution >= 4 is 23.9 Å². The SMILES string of the molecule is CCCCCCOC(=O)/C=C/C(=O)OCCCCOC(=O)/C=C/C(=O)OCCCCCC. The number of carbonyl (C=O) groups is 4. The van der Waals surface area contributed by atoms with Crippen molar-refractivity contribution in [2.75, 3.05) is 26.4 Å². The first kappa shape index (κ1) is 29.4. The van der Waals surface area contributed by atoms with Crippen molar-refractivity contribution in [3.05, 3.63) is 24.3 Å². The summed E-state index contributed by atoms with van der Waals surface area (Å²) in [5, 5.41) is 0. The summed E-state index contributed by atoms with van der Waals surface area (Å²) in [6.45, 7) is 5.14. The van der Waals surface area contributed by atoms with Crippen LogP contribution in [-0.2, 0) is 38.1 Å². The Morgan fingerprint density at radius 1 is 0.438 bits per heavy atom. The molecule has 0 spiro atoms. The van der Waals surface area contributed by atoms with Crippen molar-refractivity contribution in [1.29, 1.82) is 0 Å². The molecule has 0 aromatic heterocycles. The standard InChI is InChI=1S/C24H38O8/c1-3-5-7-9-17-29-21(25)13-15-23(27)31-19-11-12-20-32-24(28)16-14-22(26)30-18-10-8-6-4-2/h13-16H,3-12,17-20H2,1-2H3/b15-13+,16-14+. The molecule has 0 fully saturated rings. The molecule has 0 aromatic carbocycles. The molecule has 182 valence electrons. The Balaban J connectivity index is 3.70. The molecule has 0 aliphatic heterocycles. The van der Waals surface area contributed by atoms with Gasteiger partial charge >= 0.3 is 23.9 Å². The van der Waals surface area contributed by atoms with Crippen LogP contribution in [0.2, 0.25) is 0 Å². The van der Waals surface area contributed by atoms with Crippen LogP contribution in [0.4, 0.5) is 0 Å². The lowest BCUT2D eigenvalue weighted by Crippen LogP contribution is -2.08. The van der Waals surface area contributed by atoms with Crippen LogP contribution >= 0.6 is 0 Å². The second-order valence-corrected chi connectivity index (χ2v) is 7.17. The van der Waals surface area contributed by atoms with E-state index in [2.05, 4.69) is 13.8 Å². The molecule has 0 aromatic rings. The number of ether oxygens (including phenoxy) is 4. The molecule has 0 heterocycles. The molecule has 0 saturated carbocycles. The van der Waals surface area contributed by atoms with Gasteiger partial charge in [-0.2, -0.15) is 0 Å². The average Bonchev–Trinajstić information content (AvgIpc) is 2.78. The average molecular weight is 455 g/mol. The Morgan fingerprint density at radius 3 is 0.938 bits per heavy atom. The number of esters is 4. The van der Waals surface area contributed by atoms with E-state index >= 15 is 0 Å². The second-order valence-electron chi connectivity index (χ2n) is 7.17. The lowest BCUT2D eigenvalue weighted by Gasteiger charge is -2.04. The Labute approximate surface area is 191 Å². The molecule has 0 aliphatic rings. The van der Waals surface area contributed by atoms with Crippen LogP contribution in [0.15, 0.2) is 24.3 Å².